The number of aryl methyl sites for hydroxylation is 1. The molecule has 0 saturated carbocycles. The van der Waals surface area contributed by atoms with Gasteiger partial charge in [0, 0.05) is 30.6 Å². The summed E-state index contributed by atoms with van der Waals surface area (Å²) < 4.78 is 7.70. The lowest BCUT2D eigenvalue weighted by atomic mass is 9.93. The van der Waals surface area contributed by atoms with E-state index < -0.39 is 17.2 Å². The number of amides is 2. The maximum atomic E-state index is 14.0. The lowest BCUT2D eigenvalue weighted by Crippen LogP contribution is -2.45. The number of hydrogen-bond acceptors (Lipinski definition) is 8. The van der Waals surface area contributed by atoms with Crippen molar-refractivity contribution in [3.8, 4) is 11.5 Å². The zero-order chi connectivity index (χ0) is 30.8. The molecule has 5 rings (SSSR count). The van der Waals surface area contributed by atoms with Gasteiger partial charge in [0.1, 0.15) is 28.8 Å². The van der Waals surface area contributed by atoms with E-state index in [0.29, 0.717) is 34.4 Å². The topological polar surface area (TPSA) is 118 Å². The van der Waals surface area contributed by atoms with Crippen molar-refractivity contribution in [1.29, 1.82) is 0 Å². The predicted molar refractivity (Wildman–Crippen MR) is 162 cm³/mol. The van der Waals surface area contributed by atoms with E-state index in [2.05, 4.69) is 47.8 Å². The third kappa shape index (κ3) is 5.32. The Morgan fingerprint density at radius 1 is 1.12 bits per heavy atom. The number of aromatic nitrogens is 5. The van der Waals surface area contributed by atoms with Crippen LogP contribution in [0.15, 0.2) is 24.3 Å². The van der Waals surface area contributed by atoms with Crippen LogP contribution in [0.2, 0.25) is 0 Å². The highest BCUT2D eigenvalue weighted by Crippen LogP contribution is 2.38. The molecule has 3 aromatic heterocycles. The van der Waals surface area contributed by atoms with E-state index in [1.54, 1.807) is 4.90 Å². The monoisotopic (exact) mass is 574 g/mol. The summed E-state index contributed by atoms with van der Waals surface area (Å²) in [5, 5.41) is 11.8. The number of carbonyl (C=O) groups excluding carboxylic acids is 2. The molecule has 11 nitrogen and oxygen atoms in total. The van der Waals surface area contributed by atoms with Gasteiger partial charge in [0.15, 0.2) is 5.82 Å². The lowest BCUT2D eigenvalue weighted by molar-refractivity contribution is 0.0468. The van der Waals surface area contributed by atoms with E-state index in [1.807, 2.05) is 70.8 Å². The maximum absolute atomic E-state index is 14.0. The van der Waals surface area contributed by atoms with Crippen LogP contribution >= 0.6 is 0 Å². The number of anilines is 2. The van der Waals surface area contributed by atoms with Crippen LogP contribution in [0.4, 0.5) is 16.4 Å². The van der Waals surface area contributed by atoms with Gasteiger partial charge in [0.2, 0.25) is 0 Å². The molecular formula is C31H42N8O3. The minimum absolute atomic E-state index is 0.113. The molecule has 0 aliphatic carbocycles. The Labute approximate surface area is 247 Å². The first-order chi connectivity index (χ1) is 19.5. The molecular weight excluding hydrogens is 532 g/mol. The second kappa shape index (κ2) is 10.1. The van der Waals surface area contributed by atoms with Crippen LogP contribution in [0.1, 0.15) is 96.2 Å². The van der Waals surface area contributed by atoms with Crippen molar-refractivity contribution in [3.05, 3.63) is 46.9 Å². The molecule has 0 radical (unpaired) electrons. The summed E-state index contributed by atoms with van der Waals surface area (Å²) >= 11 is 0. The molecule has 5 heterocycles. The fraction of sp³-hybridized carbons (Fsp3) is 0.548. The molecule has 42 heavy (non-hydrogen) atoms. The zero-order valence-corrected chi connectivity index (χ0v) is 26.4. The molecule has 0 saturated heterocycles. The Morgan fingerprint density at radius 2 is 1.83 bits per heavy atom. The molecule has 1 N–H and O–H groups in total. The smallest absolute Gasteiger partial charge is 0.408 e. The molecule has 3 aromatic rings. The molecule has 224 valence electrons. The van der Waals surface area contributed by atoms with Gasteiger partial charge in [-0.1, -0.05) is 6.07 Å². The standard InChI is InChI=1S/C31H42N8O3/c1-18(2)37(10)24-16-19-20(25(33-24)31(8,9)34-28(41)42-29(3,4)5)17-38(27(19)40)22-13-11-12-21(32-22)26-36-35-23-14-15-30(6,7)39(23)26/h11-13,16,18H,14-15,17H2,1-10H3,(H,34,41). The maximum Gasteiger partial charge on any atom is 0.408 e. The number of alkyl carbamates (subject to hydrolysis) is 1. The number of pyridine rings is 2. The Kier molecular flexibility index (Phi) is 7.06. The van der Waals surface area contributed by atoms with Crippen molar-refractivity contribution in [2.24, 2.45) is 0 Å². The largest absolute Gasteiger partial charge is 0.444 e. The fourth-order valence-corrected chi connectivity index (χ4v) is 5.56. The zero-order valence-electron chi connectivity index (χ0n) is 26.4. The fourth-order valence-electron chi connectivity index (χ4n) is 5.56. The van der Waals surface area contributed by atoms with Crippen LogP contribution in [0.5, 0.6) is 0 Å². The molecule has 0 atom stereocenters. The third-order valence-electron chi connectivity index (χ3n) is 7.98. The molecule has 0 aromatic carbocycles. The first-order valence-corrected chi connectivity index (χ1v) is 14.5. The molecule has 2 aliphatic rings. The highest BCUT2D eigenvalue weighted by molar-refractivity contribution is 6.10. The van der Waals surface area contributed by atoms with Gasteiger partial charge in [0.05, 0.1) is 23.3 Å². The third-order valence-corrected chi connectivity index (χ3v) is 7.98. The molecule has 0 unspecified atom stereocenters. The quantitative estimate of drug-likeness (QED) is 0.428. The first-order valence-electron chi connectivity index (χ1n) is 14.5. The van der Waals surface area contributed by atoms with Crippen LogP contribution in [0.3, 0.4) is 0 Å². The molecule has 2 amide bonds. The minimum atomic E-state index is -0.931. The van der Waals surface area contributed by atoms with Gasteiger partial charge in [-0.05, 0) is 86.9 Å². The molecule has 11 heteroatoms. The van der Waals surface area contributed by atoms with Crippen LogP contribution in [0, 0.1) is 0 Å². The normalized spacial score (nSPS) is 16.1. The van der Waals surface area contributed by atoms with Gasteiger partial charge < -0.3 is 19.5 Å². The Hall–Kier alpha value is -4.02. The van der Waals surface area contributed by atoms with Gasteiger partial charge >= 0.3 is 6.09 Å². The first kappa shape index (κ1) is 29.5. The van der Waals surface area contributed by atoms with Gasteiger partial charge in [-0.2, -0.15) is 0 Å². The summed E-state index contributed by atoms with van der Waals surface area (Å²) in [6, 6.07) is 7.60. The van der Waals surface area contributed by atoms with Gasteiger partial charge in [0.25, 0.3) is 5.91 Å². The highest BCUT2D eigenvalue weighted by Gasteiger charge is 2.39. The Morgan fingerprint density at radius 3 is 2.50 bits per heavy atom. The number of nitrogens with one attached hydrogen (secondary N) is 1. The SMILES string of the molecule is CC(C)N(C)c1cc2c(c(C(C)(C)NC(=O)OC(C)(C)C)n1)CN(c1cccc(-c3nnc4n3C(C)(C)CC4)n1)C2=O. The van der Waals surface area contributed by atoms with Crippen LogP contribution in [-0.4, -0.2) is 55.4 Å². The summed E-state index contributed by atoms with van der Waals surface area (Å²) in [4.78, 5) is 40.4. The van der Waals surface area contributed by atoms with Crippen molar-refractivity contribution < 1.29 is 14.3 Å². The molecule has 2 aliphatic heterocycles. The van der Waals surface area contributed by atoms with Crippen molar-refractivity contribution in [1.82, 2.24) is 30.0 Å². The van der Waals surface area contributed by atoms with Gasteiger partial charge in [-0.15, -0.1) is 10.2 Å². The summed E-state index contributed by atoms with van der Waals surface area (Å²) in [7, 11) is 1.94. The van der Waals surface area contributed by atoms with Gasteiger partial charge in [-0.3, -0.25) is 9.69 Å². The number of nitrogens with zero attached hydrogens (tertiary/aromatic N) is 7. The lowest BCUT2D eigenvalue weighted by Gasteiger charge is -2.31. The second-order valence-corrected chi connectivity index (χ2v) is 13.7. The van der Waals surface area contributed by atoms with Crippen molar-refractivity contribution in [3.63, 3.8) is 0 Å². The van der Waals surface area contributed by atoms with Gasteiger partial charge in [-0.25, -0.2) is 14.8 Å². The molecule has 0 fully saturated rings. The van der Waals surface area contributed by atoms with Crippen LogP contribution < -0.4 is 15.1 Å². The predicted octanol–water partition coefficient (Wildman–Crippen LogP) is 5.18. The van der Waals surface area contributed by atoms with Crippen molar-refractivity contribution in [2.45, 2.75) is 104 Å². The number of fused-ring (bicyclic) bond motifs is 2. The Balaban J connectivity index is 1.54. The van der Waals surface area contributed by atoms with Crippen LogP contribution in [-0.2, 0) is 28.8 Å². The van der Waals surface area contributed by atoms with E-state index >= 15 is 0 Å². The van der Waals surface area contributed by atoms with E-state index in [-0.39, 0.29) is 24.0 Å². The Bertz CT molecular complexity index is 1550. The van der Waals surface area contributed by atoms with Crippen molar-refractivity contribution >= 4 is 23.6 Å². The van der Waals surface area contributed by atoms with E-state index in [0.717, 1.165) is 24.2 Å². The minimum Gasteiger partial charge on any atom is -0.444 e. The summed E-state index contributed by atoms with van der Waals surface area (Å²) in [6.45, 7) is 17.9. The highest BCUT2D eigenvalue weighted by atomic mass is 16.6. The van der Waals surface area contributed by atoms with E-state index in [1.165, 1.54) is 0 Å². The van der Waals surface area contributed by atoms with E-state index in [9.17, 15) is 9.59 Å². The molecule has 0 spiro atoms. The van der Waals surface area contributed by atoms with Crippen LogP contribution in [0.25, 0.3) is 11.5 Å². The van der Waals surface area contributed by atoms with Crippen molar-refractivity contribution in [2.75, 3.05) is 16.8 Å². The number of rotatable bonds is 6. The summed E-state index contributed by atoms with van der Waals surface area (Å²) in [5.74, 6) is 2.64. The number of hydrogen-bond donors (Lipinski definition) is 1. The van der Waals surface area contributed by atoms with E-state index in [4.69, 9.17) is 14.7 Å². The average Bonchev–Trinajstić information content (AvgIpc) is 3.55. The second-order valence-electron chi connectivity index (χ2n) is 13.7. The average molecular weight is 575 g/mol. The number of ether oxygens (including phenoxy) is 1. The molecule has 0 bridgehead atoms. The summed E-state index contributed by atoms with van der Waals surface area (Å²) in [5.41, 5.74) is 0.861. The number of carbonyl (C=O) groups is 2. The summed E-state index contributed by atoms with van der Waals surface area (Å²) in [6.07, 6.45) is 1.31.